The highest BCUT2D eigenvalue weighted by Crippen LogP contribution is 2.16. The zero-order chi connectivity index (χ0) is 13.8. The standard InChI is InChI=1S/C10H12N6O2S/c1-6(17)8-5-19-10(12-8)13-9(18)7-4-16(3-2-11)15-14-7/h4-5H,2-3,11H2,1H3,(H,12,13,18). The van der Waals surface area contributed by atoms with Gasteiger partial charge in [-0.05, 0) is 0 Å². The van der Waals surface area contributed by atoms with Crippen LogP contribution < -0.4 is 11.1 Å². The molecule has 0 saturated heterocycles. The van der Waals surface area contributed by atoms with Crippen LogP contribution in [0.4, 0.5) is 5.13 Å². The lowest BCUT2D eigenvalue weighted by atomic mass is 10.4. The van der Waals surface area contributed by atoms with E-state index in [1.165, 1.54) is 29.1 Å². The number of hydrogen-bond acceptors (Lipinski definition) is 7. The van der Waals surface area contributed by atoms with E-state index in [0.717, 1.165) is 0 Å². The van der Waals surface area contributed by atoms with E-state index < -0.39 is 5.91 Å². The summed E-state index contributed by atoms with van der Waals surface area (Å²) in [6, 6.07) is 0. The molecule has 2 aromatic rings. The van der Waals surface area contributed by atoms with Crippen molar-refractivity contribution in [3.8, 4) is 0 Å². The second-order valence-corrected chi connectivity index (χ2v) is 4.56. The molecule has 0 unspecified atom stereocenters. The molecule has 0 bridgehead atoms. The van der Waals surface area contributed by atoms with Crippen molar-refractivity contribution in [2.45, 2.75) is 13.5 Å². The number of anilines is 1. The first-order chi connectivity index (χ1) is 9.10. The van der Waals surface area contributed by atoms with Gasteiger partial charge in [0, 0.05) is 18.8 Å². The van der Waals surface area contributed by atoms with Crippen molar-refractivity contribution < 1.29 is 9.59 Å². The quantitative estimate of drug-likeness (QED) is 0.753. The van der Waals surface area contributed by atoms with Crippen LogP contribution in [0.25, 0.3) is 0 Å². The van der Waals surface area contributed by atoms with Crippen LogP contribution in [0, 0.1) is 0 Å². The molecule has 0 fully saturated rings. The summed E-state index contributed by atoms with van der Waals surface area (Å²) in [6.45, 7) is 2.32. The van der Waals surface area contributed by atoms with Crippen LogP contribution in [-0.2, 0) is 6.54 Å². The van der Waals surface area contributed by atoms with Gasteiger partial charge in [-0.3, -0.25) is 19.6 Å². The molecule has 0 spiro atoms. The summed E-state index contributed by atoms with van der Waals surface area (Å²) >= 11 is 1.18. The summed E-state index contributed by atoms with van der Waals surface area (Å²) < 4.78 is 1.48. The van der Waals surface area contributed by atoms with Crippen LogP contribution in [0.3, 0.4) is 0 Å². The Morgan fingerprint density at radius 1 is 1.47 bits per heavy atom. The number of nitrogens with two attached hydrogens (primary N) is 1. The Morgan fingerprint density at radius 2 is 2.26 bits per heavy atom. The number of rotatable bonds is 5. The highest BCUT2D eigenvalue weighted by atomic mass is 32.1. The molecule has 100 valence electrons. The molecule has 0 aliphatic carbocycles. The number of amides is 1. The van der Waals surface area contributed by atoms with Crippen LogP contribution in [0.15, 0.2) is 11.6 Å². The normalized spacial score (nSPS) is 10.4. The zero-order valence-electron chi connectivity index (χ0n) is 10.2. The number of ketones is 1. The molecular weight excluding hydrogens is 268 g/mol. The van der Waals surface area contributed by atoms with Crippen molar-refractivity contribution in [3.63, 3.8) is 0 Å². The fraction of sp³-hybridized carbons (Fsp3) is 0.300. The zero-order valence-corrected chi connectivity index (χ0v) is 11.0. The molecule has 2 rings (SSSR count). The van der Waals surface area contributed by atoms with E-state index in [9.17, 15) is 9.59 Å². The van der Waals surface area contributed by atoms with Crippen LogP contribution in [0.5, 0.6) is 0 Å². The number of carbonyl (C=O) groups excluding carboxylic acids is 2. The lowest BCUT2D eigenvalue weighted by Gasteiger charge is -1.96. The van der Waals surface area contributed by atoms with Gasteiger partial charge in [0.1, 0.15) is 5.69 Å². The summed E-state index contributed by atoms with van der Waals surface area (Å²) in [4.78, 5) is 26.9. The average molecular weight is 280 g/mol. The predicted octanol–water partition coefficient (Wildman–Crippen LogP) is 0.148. The van der Waals surface area contributed by atoms with E-state index in [1.807, 2.05) is 0 Å². The van der Waals surface area contributed by atoms with Gasteiger partial charge in [-0.1, -0.05) is 5.21 Å². The van der Waals surface area contributed by atoms with Crippen molar-refractivity contribution in [2.24, 2.45) is 5.73 Å². The number of aromatic nitrogens is 4. The largest absolute Gasteiger partial charge is 0.329 e. The maximum atomic E-state index is 11.8. The summed E-state index contributed by atoms with van der Waals surface area (Å²) in [7, 11) is 0. The Balaban J connectivity index is 2.04. The van der Waals surface area contributed by atoms with Crippen molar-refractivity contribution >= 4 is 28.2 Å². The number of nitrogens with zero attached hydrogens (tertiary/aromatic N) is 4. The highest BCUT2D eigenvalue weighted by Gasteiger charge is 2.13. The lowest BCUT2D eigenvalue weighted by Crippen LogP contribution is -2.13. The van der Waals surface area contributed by atoms with Gasteiger partial charge >= 0.3 is 0 Å². The predicted molar refractivity (Wildman–Crippen MR) is 69.1 cm³/mol. The van der Waals surface area contributed by atoms with E-state index in [-0.39, 0.29) is 11.5 Å². The molecule has 9 heteroatoms. The van der Waals surface area contributed by atoms with Crippen LogP contribution in [-0.4, -0.2) is 38.2 Å². The Morgan fingerprint density at radius 3 is 2.89 bits per heavy atom. The Hall–Kier alpha value is -2.13. The van der Waals surface area contributed by atoms with Gasteiger partial charge < -0.3 is 5.73 Å². The molecule has 8 nitrogen and oxygen atoms in total. The van der Waals surface area contributed by atoms with Gasteiger partial charge in [-0.25, -0.2) is 4.98 Å². The van der Waals surface area contributed by atoms with Crippen molar-refractivity contribution in [1.82, 2.24) is 20.0 Å². The first kappa shape index (κ1) is 13.3. The van der Waals surface area contributed by atoms with E-state index in [2.05, 4.69) is 20.6 Å². The molecule has 3 N–H and O–H groups in total. The molecule has 2 heterocycles. The highest BCUT2D eigenvalue weighted by molar-refractivity contribution is 7.14. The molecule has 0 aliphatic rings. The first-order valence-electron chi connectivity index (χ1n) is 5.48. The number of nitrogens with one attached hydrogen (secondary N) is 1. The van der Waals surface area contributed by atoms with Gasteiger partial charge in [0.05, 0.1) is 12.7 Å². The van der Waals surface area contributed by atoms with Gasteiger partial charge in [0.25, 0.3) is 5.91 Å². The Bertz CT molecular complexity index is 605. The van der Waals surface area contributed by atoms with E-state index in [0.29, 0.717) is 23.9 Å². The van der Waals surface area contributed by atoms with Gasteiger partial charge in [-0.15, -0.1) is 16.4 Å². The third-order valence-electron chi connectivity index (χ3n) is 2.21. The summed E-state index contributed by atoms with van der Waals surface area (Å²) in [5.74, 6) is -0.571. The minimum Gasteiger partial charge on any atom is -0.329 e. The SMILES string of the molecule is CC(=O)c1csc(NC(=O)c2cn(CCN)nn2)n1. The second kappa shape index (κ2) is 5.67. The van der Waals surface area contributed by atoms with Crippen LogP contribution in [0.1, 0.15) is 27.9 Å². The fourth-order valence-electron chi connectivity index (χ4n) is 1.30. The van der Waals surface area contributed by atoms with Crippen molar-refractivity contribution in [3.05, 3.63) is 23.0 Å². The smallest absolute Gasteiger partial charge is 0.279 e. The maximum absolute atomic E-state index is 11.8. The summed E-state index contributed by atoms with van der Waals surface area (Å²) in [5.41, 5.74) is 5.87. The van der Waals surface area contributed by atoms with E-state index >= 15 is 0 Å². The van der Waals surface area contributed by atoms with Crippen molar-refractivity contribution in [2.75, 3.05) is 11.9 Å². The van der Waals surface area contributed by atoms with E-state index in [4.69, 9.17) is 5.73 Å². The molecule has 0 aromatic carbocycles. The van der Waals surface area contributed by atoms with Gasteiger partial charge in [-0.2, -0.15) is 0 Å². The average Bonchev–Trinajstić information content (AvgIpc) is 2.98. The molecule has 0 saturated carbocycles. The number of hydrogen-bond donors (Lipinski definition) is 2. The fourth-order valence-corrected chi connectivity index (χ4v) is 2.04. The summed E-state index contributed by atoms with van der Waals surface area (Å²) in [6.07, 6.45) is 1.50. The van der Waals surface area contributed by atoms with Gasteiger partial charge in [0.2, 0.25) is 0 Å². The molecule has 19 heavy (non-hydrogen) atoms. The molecule has 0 radical (unpaired) electrons. The summed E-state index contributed by atoms with van der Waals surface area (Å²) in [5, 5.41) is 12.0. The minimum absolute atomic E-state index is 0.148. The Kier molecular flexibility index (Phi) is 3.97. The number of thiazole rings is 1. The van der Waals surface area contributed by atoms with Crippen LogP contribution in [0.2, 0.25) is 0 Å². The molecule has 2 aromatic heterocycles. The molecule has 0 atom stereocenters. The Labute approximate surface area is 112 Å². The second-order valence-electron chi connectivity index (χ2n) is 3.70. The molecule has 0 aliphatic heterocycles. The maximum Gasteiger partial charge on any atom is 0.279 e. The molecule has 1 amide bonds. The van der Waals surface area contributed by atoms with Crippen LogP contribution >= 0.6 is 11.3 Å². The third-order valence-corrected chi connectivity index (χ3v) is 2.97. The van der Waals surface area contributed by atoms with E-state index in [1.54, 1.807) is 5.38 Å². The topological polar surface area (TPSA) is 116 Å². The van der Waals surface area contributed by atoms with Crippen molar-refractivity contribution in [1.29, 1.82) is 0 Å². The van der Waals surface area contributed by atoms with Gasteiger partial charge in [0.15, 0.2) is 16.6 Å². The molecular formula is C10H12N6O2S. The third kappa shape index (κ3) is 3.20. The number of carbonyl (C=O) groups is 2. The minimum atomic E-state index is -0.423. The first-order valence-corrected chi connectivity index (χ1v) is 6.36. The monoisotopic (exact) mass is 280 g/mol. The number of Topliss-reactive ketones (excluding diaryl/α,β-unsaturated/α-hetero) is 1. The lowest BCUT2D eigenvalue weighted by molar-refractivity contribution is 0.100.